The maximum absolute atomic E-state index is 12.4. The highest BCUT2D eigenvalue weighted by Crippen LogP contribution is 2.26. The fraction of sp³-hybridized carbons (Fsp3) is 0.632. The summed E-state index contributed by atoms with van der Waals surface area (Å²) in [6.45, 7) is 5.15. The molecule has 1 aliphatic rings. The van der Waals surface area contributed by atoms with Crippen LogP contribution in [0.1, 0.15) is 49.7 Å². The van der Waals surface area contributed by atoms with Crippen LogP contribution in [0.25, 0.3) is 0 Å². The molecule has 1 aromatic rings. The smallest absolute Gasteiger partial charge is 0.317 e. The van der Waals surface area contributed by atoms with Gasteiger partial charge >= 0.3 is 6.03 Å². The van der Waals surface area contributed by atoms with Crippen LogP contribution in [0.4, 0.5) is 4.79 Å². The van der Waals surface area contributed by atoms with E-state index in [-0.39, 0.29) is 12.6 Å². The van der Waals surface area contributed by atoms with Crippen molar-refractivity contribution in [3.8, 4) is 0 Å². The molecule has 4 nitrogen and oxygen atoms in total. The first-order chi connectivity index (χ1) is 11.0. The van der Waals surface area contributed by atoms with Crippen LogP contribution >= 0.6 is 0 Å². The predicted molar refractivity (Wildman–Crippen MR) is 93.6 cm³/mol. The van der Waals surface area contributed by atoms with E-state index in [1.807, 2.05) is 11.9 Å². The van der Waals surface area contributed by atoms with Crippen LogP contribution in [-0.2, 0) is 0 Å². The number of aliphatic hydroxyl groups is 1. The quantitative estimate of drug-likeness (QED) is 0.875. The zero-order chi connectivity index (χ0) is 16.8. The minimum Gasteiger partial charge on any atom is -0.396 e. The normalized spacial score (nSPS) is 22.4. The summed E-state index contributed by atoms with van der Waals surface area (Å²) in [5, 5.41) is 12.3. The Labute approximate surface area is 139 Å². The molecule has 2 N–H and O–H groups in total. The molecule has 2 amide bonds. The van der Waals surface area contributed by atoms with Gasteiger partial charge in [-0.15, -0.1) is 0 Å². The summed E-state index contributed by atoms with van der Waals surface area (Å²) in [6.07, 6.45) is 4.00. The summed E-state index contributed by atoms with van der Waals surface area (Å²) in [7, 11) is 1.89. The van der Waals surface area contributed by atoms with Crippen molar-refractivity contribution >= 4 is 6.03 Å². The van der Waals surface area contributed by atoms with Crippen molar-refractivity contribution in [2.24, 2.45) is 5.92 Å². The highest BCUT2D eigenvalue weighted by atomic mass is 16.3. The Balaban J connectivity index is 1.80. The minimum atomic E-state index is 0.0111. The zero-order valence-corrected chi connectivity index (χ0v) is 14.6. The monoisotopic (exact) mass is 318 g/mol. The van der Waals surface area contributed by atoms with Gasteiger partial charge in [0, 0.05) is 26.2 Å². The van der Waals surface area contributed by atoms with E-state index < -0.39 is 0 Å². The van der Waals surface area contributed by atoms with E-state index in [0.717, 1.165) is 25.7 Å². The maximum Gasteiger partial charge on any atom is 0.317 e. The molecule has 0 saturated heterocycles. The van der Waals surface area contributed by atoms with Crippen molar-refractivity contribution in [1.82, 2.24) is 10.2 Å². The number of benzene rings is 1. The number of nitrogens with one attached hydrogen (secondary N) is 1. The number of urea groups is 1. The second-order valence-corrected chi connectivity index (χ2v) is 6.97. The van der Waals surface area contributed by atoms with E-state index in [1.165, 1.54) is 11.1 Å². The van der Waals surface area contributed by atoms with E-state index in [2.05, 4.69) is 43.4 Å². The summed E-state index contributed by atoms with van der Waals surface area (Å²) in [5.41, 5.74) is 2.51. The molecule has 0 unspecified atom stereocenters. The van der Waals surface area contributed by atoms with E-state index >= 15 is 0 Å². The molecule has 4 heteroatoms. The van der Waals surface area contributed by atoms with E-state index in [9.17, 15) is 9.90 Å². The van der Waals surface area contributed by atoms with Gasteiger partial charge in [0.25, 0.3) is 0 Å². The van der Waals surface area contributed by atoms with Crippen LogP contribution in [-0.4, -0.2) is 42.3 Å². The fourth-order valence-corrected chi connectivity index (χ4v) is 3.34. The molecular formula is C19H30N2O2. The lowest BCUT2D eigenvalue weighted by atomic mass is 9.86. The summed E-state index contributed by atoms with van der Waals surface area (Å²) in [5.74, 6) is 0.724. The molecule has 1 fully saturated rings. The van der Waals surface area contributed by atoms with Crippen LogP contribution < -0.4 is 5.32 Å². The molecule has 2 rings (SSSR count). The molecule has 0 heterocycles. The maximum atomic E-state index is 12.4. The van der Waals surface area contributed by atoms with Crippen LogP contribution in [0.3, 0.4) is 0 Å². The average Bonchev–Trinajstić information content (AvgIpc) is 2.58. The molecule has 0 spiro atoms. The van der Waals surface area contributed by atoms with Gasteiger partial charge in [-0.05, 0) is 50.0 Å². The molecule has 0 aliphatic heterocycles. The Hall–Kier alpha value is -1.55. The van der Waals surface area contributed by atoms with Crippen LogP contribution in [0.15, 0.2) is 24.3 Å². The van der Waals surface area contributed by atoms with Gasteiger partial charge in [0.1, 0.15) is 0 Å². The van der Waals surface area contributed by atoms with Gasteiger partial charge in [0.2, 0.25) is 0 Å². The summed E-state index contributed by atoms with van der Waals surface area (Å²) >= 11 is 0. The van der Waals surface area contributed by atoms with Gasteiger partial charge in [0.05, 0.1) is 0 Å². The van der Waals surface area contributed by atoms with Crippen molar-refractivity contribution in [2.75, 3.05) is 20.2 Å². The Bertz CT molecular complexity index is 510. The van der Waals surface area contributed by atoms with Crippen molar-refractivity contribution in [1.29, 1.82) is 0 Å². The molecule has 0 aromatic heterocycles. The molecule has 0 radical (unpaired) electrons. The Morgan fingerprint density at radius 3 is 2.65 bits per heavy atom. The fourth-order valence-electron chi connectivity index (χ4n) is 3.34. The van der Waals surface area contributed by atoms with Gasteiger partial charge in [-0.3, -0.25) is 0 Å². The number of nitrogens with zero attached hydrogens (tertiary/aromatic N) is 1. The SMILES string of the molecule is Cc1cccc([C@H](C)CNC(=O)N(C)C2CCC(CO)CC2)c1. The lowest BCUT2D eigenvalue weighted by Crippen LogP contribution is -2.46. The topological polar surface area (TPSA) is 52.6 Å². The summed E-state index contributed by atoms with van der Waals surface area (Å²) in [6, 6.07) is 8.75. The van der Waals surface area contributed by atoms with Crippen molar-refractivity contribution in [3.63, 3.8) is 0 Å². The third-order valence-corrected chi connectivity index (χ3v) is 5.11. The Morgan fingerprint density at radius 1 is 1.35 bits per heavy atom. The lowest BCUT2D eigenvalue weighted by molar-refractivity contribution is 0.134. The lowest BCUT2D eigenvalue weighted by Gasteiger charge is -2.34. The molecule has 128 valence electrons. The molecule has 1 saturated carbocycles. The molecule has 1 atom stereocenters. The van der Waals surface area contributed by atoms with Gasteiger partial charge < -0.3 is 15.3 Å². The number of carbonyl (C=O) groups is 1. The Morgan fingerprint density at radius 2 is 2.04 bits per heavy atom. The highest BCUT2D eigenvalue weighted by Gasteiger charge is 2.26. The van der Waals surface area contributed by atoms with Crippen LogP contribution in [0, 0.1) is 12.8 Å². The molecule has 23 heavy (non-hydrogen) atoms. The largest absolute Gasteiger partial charge is 0.396 e. The van der Waals surface area contributed by atoms with Gasteiger partial charge in [-0.1, -0.05) is 36.8 Å². The second kappa shape index (κ2) is 8.34. The number of hydrogen-bond donors (Lipinski definition) is 2. The number of amides is 2. The number of aryl methyl sites for hydroxylation is 1. The first-order valence-corrected chi connectivity index (χ1v) is 8.69. The van der Waals surface area contributed by atoms with Gasteiger partial charge in [-0.25, -0.2) is 4.79 Å². The molecular weight excluding hydrogens is 288 g/mol. The van der Waals surface area contributed by atoms with E-state index in [1.54, 1.807) is 0 Å². The van der Waals surface area contributed by atoms with Gasteiger partial charge in [0.15, 0.2) is 0 Å². The van der Waals surface area contributed by atoms with E-state index in [4.69, 9.17) is 0 Å². The second-order valence-electron chi connectivity index (χ2n) is 6.97. The Kier molecular flexibility index (Phi) is 6.46. The predicted octanol–water partition coefficient (Wildman–Crippen LogP) is 3.29. The van der Waals surface area contributed by atoms with Crippen molar-refractivity contribution in [3.05, 3.63) is 35.4 Å². The highest BCUT2D eigenvalue weighted by molar-refractivity contribution is 5.74. The summed E-state index contributed by atoms with van der Waals surface area (Å²) < 4.78 is 0. The first-order valence-electron chi connectivity index (χ1n) is 8.69. The molecule has 1 aliphatic carbocycles. The van der Waals surface area contributed by atoms with Crippen molar-refractivity contribution < 1.29 is 9.90 Å². The number of aliphatic hydroxyl groups excluding tert-OH is 1. The summed E-state index contributed by atoms with van der Waals surface area (Å²) in [4.78, 5) is 14.2. The number of carbonyl (C=O) groups excluding carboxylic acids is 1. The van der Waals surface area contributed by atoms with E-state index in [0.29, 0.717) is 24.4 Å². The third kappa shape index (κ3) is 4.96. The number of rotatable bonds is 5. The van der Waals surface area contributed by atoms with Crippen LogP contribution in [0.2, 0.25) is 0 Å². The number of hydrogen-bond acceptors (Lipinski definition) is 2. The third-order valence-electron chi connectivity index (χ3n) is 5.11. The van der Waals surface area contributed by atoms with Gasteiger partial charge in [-0.2, -0.15) is 0 Å². The average molecular weight is 318 g/mol. The van der Waals surface area contributed by atoms with Crippen molar-refractivity contribution in [2.45, 2.75) is 51.5 Å². The first kappa shape index (κ1) is 17.8. The molecule has 1 aromatic carbocycles. The van der Waals surface area contributed by atoms with Crippen LogP contribution in [0.5, 0.6) is 0 Å². The minimum absolute atomic E-state index is 0.0111. The molecule has 0 bridgehead atoms. The zero-order valence-electron chi connectivity index (χ0n) is 14.6. The standard InChI is InChI=1S/C19H30N2O2/c1-14-5-4-6-17(11-14)15(2)12-20-19(23)21(3)18-9-7-16(13-22)8-10-18/h4-6,11,15-16,18,22H,7-10,12-13H2,1-3H3,(H,20,23)/t15-,16?,18?/m1/s1.